The van der Waals surface area contributed by atoms with Crippen molar-refractivity contribution in [1.29, 1.82) is 0 Å². The van der Waals surface area contributed by atoms with E-state index in [-0.39, 0.29) is 12.3 Å². The Morgan fingerprint density at radius 1 is 1.11 bits per heavy atom. The zero-order valence-corrected chi connectivity index (χ0v) is 24.5. The van der Waals surface area contributed by atoms with Crippen molar-refractivity contribution in [2.24, 2.45) is 0 Å². The lowest BCUT2D eigenvalue weighted by atomic mass is 10.1. The Kier molecular flexibility index (Phi) is 8.65. The number of thiophene rings is 1. The normalized spacial score (nSPS) is 12.3. The molecule has 1 aliphatic carbocycles. The van der Waals surface area contributed by atoms with Gasteiger partial charge in [-0.2, -0.15) is 0 Å². The molecule has 2 heterocycles. The van der Waals surface area contributed by atoms with Crippen LogP contribution < -0.4 is 10.6 Å². The van der Waals surface area contributed by atoms with E-state index in [9.17, 15) is 9.59 Å². The summed E-state index contributed by atoms with van der Waals surface area (Å²) in [5.41, 5.74) is 3.50. The van der Waals surface area contributed by atoms with Gasteiger partial charge in [-0.25, -0.2) is 4.79 Å². The van der Waals surface area contributed by atoms with Gasteiger partial charge in [-0.3, -0.25) is 9.36 Å². The number of anilines is 2. The molecule has 0 unspecified atom stereocenters. The van der Waals surface area contributed by atoms with E-state index in [0.29, 0.717) is 28.0 Å². The molecule has 8 nitrogen and oxygen atoms in total. The minimum atomic E-state index is -0.392. The summed E-state index contributed by atoms with van der Waals surface area (Å²) < 4.78 is 8.17. The van der Waals surface area contributed by atoms with Gasteiger partial charge >= 0.3 is 5.97 Å². The molecule has 0 saturated heterocycles. The van der Waals surface area contributed by atoms with Crippen LogP contribution in [0.3, 0.4) is 0 Å². The highest BCUT2D eigenvalue weighted by Crippen LogP contribution is 2.39. The fraction of sp³-hybridized carbons (Fsp3) is 0.259. The number of nitrogens with zero attached hydrogens (tertiary/aromatic N) is 3. The Hall–Kier alpha value is -2.90. The number of rotatable bonds is 10. The Morgan fingerprint density at radius 3 is 2.66 bits per heavy atom. The molecule has 0 saturated carbocycles. The second kappa shape index (κ2) is 12.3. The first kappa shape index (κ1) is 26.7. The molecule has 1 amide bonds. The van der Waals surface area contributed by atoms with Crippen molar-refractivity contribution in [3.05, 3.63) is 80.0 Å². The molecule has 2 aromatic heterocycles. The van der Waals surface area contributed by atoms with Gasteiger partial charge in [-0.15, -0.1) is 21.5 Å². The van der Waals surface area contributed by atoms with Crippen LogP contribution in [0.15, 0.2) is 59.8 Å². The molecule has 0 radical (unpaired) electrons. The quantitative estimate of drug-likeness (QED) is 0.124. The standard InChI is InChI=1S/C27H26IN5O3S2/c1-36-26(35)24-20-8-5-9-21(20)38-25(24)30-23(34)14-15-37-27-32-31-22(33(27)19-6-3-2-4-7-19)16-29-18-12-10-17(28)11-13-18/h2-4,6-7,10-13,29H,5,8-9,14-16H2,1H3,(H,30,34). The molecule has 2 aromatic carbocycles. The third-order valence-corrected chi connectivity index (χ3v) is 8.99. The number of benzene rings is 2. The second-order valence-electron chi connectivity index (χ2n) is 8.63. The number of hydrogen-bond acceptors (Lipinski definition) is 8. The van der Waals surface area contributed by atoms with Crippen LogP contribution in [0.25, 0.3) is 5.69 Å². The highest BCUT2D eigenvalue weighted by atomic mass is 127. The molecule has 0 spiro atoms. The number of methoxy groups -OCH3 is 1. The van der Waals surface area contributed by atoms with Gasteiger partial charge in [0, 0.05) is 32.0 Å². The van der Waals surface area contributed by atoms with Gasteiger partial charge < -0.3 is 15.4 Å². The fourth-order valence-corrected chi connectivity index (χ4v) is 6.89. The van der Waals surface area contributed by atoms with E-state index < -0.39 is 5.97 Å². The second-order valence-corrected chi connectivity index (χ2v) is 12.0. The van der Waals surface area contributed by atoms with Gasteiger partial charge in [0.1, 0.15) is 5.00 Å². The van der Waals surface area contributed by atoms with Crippen molar-refractivity contribution < 1.29 is 14.3 Å². The van der Waals surface area contributed by atoms with Crippen molar-refractivity contribution >= 4 is 68.3 Å². The third-order valence-electron chi connectivity index (χ3n) is 6.13. The smallest absolute Gasteiger partial charge is 0.341 e. The van der Waals surface area contributed by atoms with E-state index in [1.165, 1.54) is 33.8 Å². The maximum atomic E-state index is 12.8. The molecule has 196 valence electrons. The molecule has 4 aromatic rings. The minimum absolute atomic E-state index is 0.144. The number of aromatic nitrogens is 3. The fourth-order valence-electron chi connectivity index (χ4n) is 4.33. The van der Waals surface area contributed by atoms with Crippen LogP contribution in [-0.4, -0.2) is 39.5 Å². The molecule has 2 N–H and O–H groups in total. The van der Waals surface area contributed by atoms with E-state index in [2.05, 4.69) is 55.6 Å². The van der Waals surface area contributed by atoms with Gasteiger partial charge in [0.2, 0.25) is 5.91 Å². The van der Waals surface area contributed by atoms with Gasteiger partial charge in [0.15, 0.2) is 11.0 Å². The molecule has 0 aliphatic heterocycles. The lowest BCUT2D eigenvalue weighted by Crippen LogP contribution is -2.15. The molecule has 38 heavy (non-hydrogen) atoms. The Bertz CT molecular complexity index is 1440. The largest absolute Gasteiger partial charge is 0.465 e. The molecule has 0 atom stereocenters. The zero-order chi connectivity index (χ0) is 26.5. The first-order valence-corrected chi connectivity index (χ1v) is 15.1. The summed E-state index contributed by atoms with van der Waals surface area (Å²) in [6.45, 7) is 0.503. The highest BCUT2D eigenvalue weighted by Gasteiger charge is 2.28. The Labute approximate surface area is 242 Å². The number of nitrogens with one attached hydrogen (secondary N) is 2. The van der Waals surface area contributed by atoms with Crippen LogP contribution in [0.1, 0.15) is 39.5 Å². The average Bonchev–Trinajstić information content (AvgIpc) is 3.63. The molecule has 11 heteroatoms. The minimum Gasteiger partial charge on any atom is -0.465 e. The van der Waals surface area contributed by atoms with Gasteiger partial charge in [-0.05, 0) is 83.8 Å². The Balaban J connectivity index is 1.25. The van der Waals surface area contributed by atoms with E-state index in [1.54, 1.807) is 0 Å². The van der Waals surface area contributed by atoms with Crippen LogP contribution in [-0.2, 0) is 28.9 Å². The highest BCUT2D eigenvalue weighted by molar-refractivity contribution is 14.1. The number of aryl methyl sites for hydroxylation is 1. The number of carbonyl (C=O) groups excluding carboxylic acids is 2. The monoisotopic (exact) mass is 659 g/mol. The van der Waals surface area contributed by atoms with Crippen molar-refractivity contribution in [1.82, 2.24) is 14.8 Å². The van der Waals surface area contributed by atoms with E-state index >= 15 is 0 Å². The van der Waals surface area contributed by atoms with E-state index in [0.717, 1.165) is 46.9 Å². The molecule has 0 fully saturated rings. The summed E-state index contributed by atoms with van der Waals surface area (Å²) in [6.07, 6.45) is 3.08. The third kappa shape index (κ3) is 6.05. The number of hydrogen-bond donors (Lipinski definition) is 2. The first-order valence-electron chi connectivity index (χ1n) is 12.2. The summed E-state index contributed by atoms with van der Waals surface area (Å²) >= 11 is 5.24. The first-order chi connectivity index (χ1) is 18.5. The number of ether oxygens (including phenoxy) is 1. The van der Waals surface area contributed by atoms with Crippen molar-refractivity contribution in [2.45, 2.75) is 37.4 Å². The van der Waals surface area contributed by atoms with Gasteiger partial charge in [0.05, 0.1) is 19.2 Å². The van der Waals surface area contributed by atoms with Gasteiger partial charge in [0.25, 0.3) is 0 Å². The number of amides is 1. The average molecular weight is 660 g/mol. The maximum absolute atomic E-state index is 12.8. The number of para-hydroxylation sites is 1. The molecule has 5 rings (SSSR count). The number of carbonyl (C=O) groups is 2. The number of fused-ring (bicyclic) bond motifs is 1. The van der Waals surface area contributed by atoms with Crippen LogP contribution in [0.5, 0.6) is 0 Å². The van der Waals surface area contributed by atoms with Crippen LogP contribution >= 0.6 is 45.7 Å². The predicted molar refractivity (Wildman–Crippen MR) is 159 cm³/mol. The topological polar surface area (TPSA) is 98.1 Å². The van der Waals surface area contributed by atoms with Crippen LogP contribution in [0, 0.1) is 3.57 Å². The number of thioether (sulfide) groups is 1. The van der Waals surface area contributed by atoms with Gasteiger partial charge in [-0.1, -0.05) is 30.0 Å². The van der Waals surface area contributed by atoms with E-state index in [4.69, 9.17) is 4.74 Å². The lowest BCUT2D eigenvalue weighted by molar-refractivity contribution is -0.115. The van der Waals surface area contributed by atoms with Crippen molar-refractivity contribution in [3.8, 4) is 5.69 Å². The number of halogens is 1. The summed E-state index contributed by atoms with van der Waals surface area (Å²) in [7, 11) is 1.37. The summed E-state index contributed by atoms with van der Waals surface area (Å²) in [5, 5.41) is 16.5. The molecule has 1 aliphatic rings. The van der Waals surface area contributed by atoms with Crippen molar-refractivity contribution in [2.75, 3.05) is 23.5 Å². The summed E-state index contributed by atoms with van der Waals surface area (Å²) in [4.78, 5) is 26.4. The molecular weight excluding hydrogens is 633 g/mol. The Morgan fingerprint density at radius 2 is 1.89 bits per heavy atom. The number of esters is 1. The zero-order valence-electron chi connectivity index (χ0n) is 20.7. The lowest BCUT2D eigenvalue weighted by Gasteiger charge is -2.11. The maximum Gasteiger partial charge on any atom is 0.341 e. The van der Waals surface area contributed by atoms with Crippen LogP contribution in [0.4, 0.5) is 10.7 Å². The van der Waals surface area contributed by atoms with Crippen molar-refractivity contribution in [3.63, 3.8) is 0 Å². The summed E-state index contributed by atoms with van der Waals surface area (Å²) in [6, 6.07) is 18.1. The van der Waals surface area contributed by atoms with Crippen LogP contribution in [0.2, 0.25) is 0 Å². The van der Waals surface area contributed by atoms with E-state index in [1.807, 2.05) is 47.0 Å². The summed E-state index contributed by atoms with van der Waals surface area (Å²) in [5.74, 6) is 0.753. The predicted octanol–water partition coefficient (Wildman–Crippen LogP) is 5.94. The SMILES string of the molecule is COC(=O)c1c(NC(=O)CCSc2nnc(CNc3ccc(I)cc3)n2-c2ccccc2)sc2c1CCC2. The molecular formula is C27H26IN5O3S2. The molecule has 0 bridgehead atoms.